The van der Waals surface area contributed by atoms with E-state index in [1.807, 2.05) is 54.7 Å². The first kappa shape index (κ1) is 21.3. The van der Waals surface area contributed by atoms with Gasteiger partial charge in [-0.05, 0) is 42.0 Å². The maximum atomic E-state index is 13.4. The van der Waals surface area contributed by atoms with E-state index in [-0.39, 0.29) is 11.8 Å². The van der Waals surface area contributed by atoms with E-state index in [4.69, 9.17) is 4.74 Å². The number of pyridine rings is 1. The van der Waals surface area contributed by atoms with Crippen LogP contribution in [0, 0.1) is 12.8 Å². The van der Waals surface area contributed by atoms with Gasteiger partial charge < -0.3 is 14.2 Å². The van der Waals surface area contributed by atoms with Gasteiger partial charge in [0.1, 0.15) is 5.82 Å². The maximum Gasteiger partial charge on any atom is 0.253 e. The molecular formula is C27H28N4O2. The third-order valence-electron chi connectivity index (χ3n) is 6.33. The van der Waals surface area contributed by atoms with E-state index in [2.05, 4.69) is 38.8 Å². The highest BCUT2D eigenvalue weighted by Crippen LogP contribution is 2.22. The number of carbonyl (C=O) groups excluding carboxylic acids is 1. The molecule has 3 heterocycles. The van der Waals surface area contributed by atoms with Crippen LogP contribution in [-0.2, 0) is 17.7 Å². The van der Waals surface area contributed by atoms with E-state index in [1.165, 1.54) is 10.9 Å². The Hall–Kier alpha value is -3.51. The lowest BCUT2D eigenvalue weighted by Crippen LogP contribution is -2.36. The minimum absolute atomic E-state index is 0.0609. The molecule has 1 saturated heterocycles. The number of aromatic nitrogens is 3. The maximum absolute atomic E-state index is 13.4. The number of ether oxygens (including phenoxy) is 1. The standard InChI is InChI=1S/C27H28N4O2/c1-20-29-9-10-30(20)17-21-5-4-7-23(13-21)27(32)31-11-12-33-19-22(18-31)14-25-16-28-15-24-6-2-3-8-26(24)25/h2-10,13,15-16,22H,11-12,14,17-19H2,1H3. The molecule has 1 amide bonds. The molecule has 168 valence electrons. The lowest BCUT2D eigenvalue weighted by molar-refractivity contribution is 0.0737. The molecular weight excluding hydrogens is 412 g/mol. The third-order valence-corrected chi connectivity index (χ3v) is 6.33. The van der Waals surface area contributed by atoms with Gasteiger partial charge in [0.05, 0.1) is 13.2 Å². The molecule has 0 N–H and O–H groups in total. The van der Waals surface area contributed by atoms with E-state index >= 15 is 0 Å². The Morgan fingerprint density at radius 2 is 2.06 bits per heavy atom. The summed E-state index contributed by atoms with van der Waals surface area (Å²) >= 11 is 0. The van der Waals surface area contributed by atoms with Crippen molar-refractivity contribution < 1.29 is 9.53 Å². The van der Waals surface area contributed by atoms with Crippen LogP contribution in [0.3, 0.4) is 0 Å². The number of fused-ring (bicyclic) bond motifs is 1. The molecule has 0 saturated carbocycles. The molecule has 1 aliphatic heterocycles. The van der Waals surface area contributed by atoms with Crippen molar-refractivity contribution in [2.24, 2.45) is 5.92 Å². The second-order valence-corrected chi connectivity index (χ2v) is 8.72. The fourth-order valence-electron chi connectivity index (χ4n) is 4.59. The topological polar surface area (TPSA) is 60.2 Å². The Balaban J connectivity index is 1.32. The number of hydrogen-bond acceptors (Lipinski definition) is 4. The zero-order chi connectivity index (χ0) is 22.6. The number of aryl methyl sites for hydroxylation is 1. The van der Waals surface area contributed by atoms with Crippen LogP contribution < -0.4 is 0 Å². The van der Waals surface area contributed by atoms with Crippen LogP contribution in [0.25, 0.3) is 10.8 Å². The molecule has 6 nitrogen and oxygen atoms in total. The summed E-state index contributed by atoms with van der Waals surface area (Å²) < 4.78 is 7.97. The normalized spacial score (nSPS) is 16.6. The highest BCUT2D eigenvalue weighted by atomic mass is 16.5. The first-order valence-electron chi connectivity index (χ1n) is 11.4. The Morgan fingerprint density at radius 3 is 2.94 bits per heavy atom. The molecule has 33 heavy (non-hydrogen) atoms. The van der Waals surface area contributed by atoms with Gasteiger partial charge in [0.2, 0.25) is 0 Å². The molecule has 1 aliphatic rings. The summed E-state index contributed by atoms with van der Waals surface area (Å²) in [4.78, 5) is 24.1. The zero-order valence-electron chi connectivity index (χ0n) is 18.9. The number of rotatable bonds is 5. The number of nitrogens with zero attached hydrogens (tertiary/aromatic N) is 4. The van der Waals surface area contributed by atoms with E-state index in [1.54, 1.807) is 6.20 Å². The number of carbonyl (C=O) groups is 1. The van der Waals surface area contributed by atoms with Gasteiger partial charge in [-0.3, -0.25) is 9.78 Å². The van der Waals surface area contributed by atoms with E-state index in [0.717, 1.165) is 28.8 Å². The number of hydrogen-bond donors (Lipinski definition) is 0. The molecule has 4 aromatic rings. The monoisotopic (exact) mass is 440 g/mol. The molecule has 5 rings (SSSR count). The summed E-state index contributed by atoms with van der Waals surface area (Å²) in [6.07, 6.45) is 8.44. The third kappa shape index (κ3) is 4.81. The summed E-state index contributed by atoms with van der Waals surface area (Å²) in [6, 6.07) is 16.2. The fourth-order valence-corrected chi connectivity index (χ4v) is 4.59. The van der Waals surface area contributed by atoms with Gasteiger partial charge in [0, 0.05) is 61.3 Å². The summed E-state index contributed by atoms with van der Waals surface area (Å²) in [6.45, 7) is 5.17. The van der Waals surface area contributed by atoms with Gasteiger partial charge in [0.15, 0.2) is 0 Å². The van der Waals surface area contributed by atoms with Gasteiger partial charge in [-0.25, -0.2) is 4.98 Å². The smallest absolute Gasteiger partial charge is 0.253 e. The Labute approximate surface area is 193 Å². The summed E-state index contributed by atoms with van der Waals surface area (Å²) in [5.74, 6) is 1.24. The predicted octanol–water partition coefficient (Wildman–Crippen LogP) is 4.12. The average Bonchev–Trinajstić information content (AvgIpc) is 3.10. The molecule has 0 aliphatic carbocycles. The Kier molecular flexibility index (Phi) is 6.17. The van der Waals surface area contributed by atoms with Crippen LogP contribution in [0.4, 0.5) is 0 Å². The van der Waals surface area contributed by atoms with Crippen molar-refractivity contribution in [3.63, 3.8) is 0 Å². The lowest BCUT2D eigenvalue weighted by atomic mass is 9.96. The molecule has 1 fully saturated rings. The van der Waals surface area contributed by atoms with Crippen molar-refractivity contribution >= 4 is 16.7 Å². The van der Waals surface area contributed by atoms with Gasteiger partial charge in [-0.2, -0.15) is 0 Å². The molecule has 1 atom stereocenters. The molecule has 0 bridgehead atoms. The first-order valence-corrected chi connectivity index (χ1v) is 11.4. The SMILES string of the molecule is Cc1nccn1Cc1cccc(C(=O)N2CCOCC(Cc3cncc4ccccc34)C2)c1. The molecule has 0 radical (unpaired) electrons. The molecule has 0 spiro atoms. The van der Waals surface area contributed by atoms with Gasteiger partial charge in [0.25, 0.3) is 5.91 Å². The highest BCUT2D eigenvalue weighted by molar-refractivity contribution is 5.94. The molecule has 1 unspecified atom stereocenters. The molecule has 2 aromatic heterocycles. The lowest BCUT2D eigenvalue weighted by Gasteiger charge is -2.24. The van der Waals surface area contributed by atoms with Crippen molar-refractivity contribution in [2.75, 3.05) is 26.3 Å². The van der Waals surface area contributed by atoms with Crippen LogP contribution in [0.15, 0.2) is 73.3 Å². The van der Waals surface area contributed by atoms with Crippen molar-refractivity contribution in [2.45, 2.75) is 19.9 Å². The Bertz CT molecular complexity index is 1260. The van der Waals surface area contributed by atoms with Crippen molar-refractivity contribution in [1.82, 2.24) is 19.4 Å². The second-order valence-electron chi connectivity index (χ2n) is 8.72. The van der Waals surface area contributed by atoms with Crippen LogP contribution in [0.5, 0.6) is 0 Å². The van der Waals surface area contributed by atoms with Crippen LogP contribution >= 0.6 is 0 Å². The quantitative estimate of drug-likeness (QED) is 0.468. The zero-order valence-corrected chi connectivity index (χ0v) is 18.9. The Morgan fingerprint density at radius 1 is 1.15 bits per heavy atom. The minimum atomic E-state index is 0.0609. The van der Waals surface area contributed by atoms with Gasteiger partial charge in [-0.15, -0.1) is 0 Å². The van der Waals surface area contributed by atoms with Crippen molar-refractivity contribution in [3.8, 4) is 0 Å². The van der Waals surface area contributed by atoms with E-state index < -0.39 is 0 Å². The van der Waals surface area contributed by atoms with E-state index in [9.17, 15) is 4.79 Å². The van der Waals surface area contributed by atoms with Crippen molar-refractivity contribution in [3.05, 3.63) is 95.8 Å². The van der Waals surface area contributed by atoms with Crippen molar-refractivity contribution in [1.29, 1.82) is 0 Å². The van der Waals surface area contributed by atoms with Gasteiger partial charge in [-0.1, -0.05) is 36.4 Å². The van der Waals surface area contributed by atoms with Crippen LogP contribution in [-0.4, -0.2) is 51.6 Å². The number of amides is 1. The summed E-state index contributed by atoms with van der Waals surface area (Å²) in [5.41, 5.74) is 3.01. The molecule has 6 heteroatoms. The first-order chi connectivity index (χ1) is 16.2. The molecule has 2 aromatic carbocycles. The second kappa shape index (κ2) is 9.55. The van der Waals surface area contributed by atoms with Crippen LogP contribution in [0.2, 0.25) is 0 Å². The highest BCUT2D eigenvalue weighted by Gasteiger charge is 2.24. The number of benzene rings is 2. The predicted molar refractivity (Wildman–Crippen MR) is 128 cm³/mol. The summed E-state index contributed by atoms with van der Waals surface area (Å²) in [7, 11) is 0. The minimum Gasteiger partial charge on any atom is -0.379 e. The van der Waals surface area contributed by atoms with Crippen LogP contribution in [0.1, 0.15) is 27.3 Å². The fraction of sp³-hybridized carbons (Fsp3) is 0.296. The largest absolute Gasteiger partial charge is 0.379 e. The van der Waals surface area contributed by atoms with E-state index in [0.29, 0.717) is 32.8 Å². The van der Waals surface area contributed by atoms with Gasteiger partial charge >= 0.3 is 0 Å². The summed E-state index contributed by atoms with van der Waals surface area (Å²) in [5, 5.41) is 2.36. The number of imidazole rings is 1. The average molecular weight is 441 g/mol.